The highest BCUT2D eigenvalue weighted by Crippen LogP contribution is 2.34. The van der Waals surface area contributed by atoms with Crippen molar-refractivity contribution in [1.29, 1.82) is 0 Å². The van der Waals surface area contributed by atoms with Crippen molar-refractivity contribution in [3.8, 4) is 0 Å². The van der Waals surface area contributed by atoms with Crippen LogP contribution in [0.25, 0.3) is 0 Å². The Hall–Kier alpha value is -1.08. The van der Waals surface area contributed by atoms with E-state index in [1.165, 1.54) is 18.2 Å². The summed E-state index contributed by atoms with van der Waals surface area (Å²) < 4.78 is 61.4. The molecule has 1 unspecified atom stereocenters. The van der Waals surface area contributed by atoms with Crippen LogP contribution in [0.5, 0.6) is 0 Å². The van der Waals surface area contributed by atoms with Crippen molar-refractivity contribution in [2.45, 2.75) is 19.1 Å². The van der Waals surface area contributed by atoms with Gasteiger partial charge in [0.1, 0.15) is 9.84 Å². The maximum absolute atomic E-state index is 12.9. The molecule has 0 fully saturated rings. The van der Waals surface area contributed by atoms with E-state index in [-0.39, 0.29) is 11.3 Å². The fourth-order valence-corrected chi connectivity index (χ4v) is 2.77. The van der Waals surface area contributed by atoms with Gasteiger partial charge in [-0.25, -0.2) is 8.42 Å². The molecule has 0 spiro atoms. The van der Waals surface area contributed by atoms with Gasteiger partial charge in [0.15, 0.2) is 0 Å². The van der Waals surface area contributed by atoms with E-state index in [1.54, 1.807) is 6.92 Å². The summed E-state index contributed by atoms with van der Waals surface area (Å²) >= 11 is 0. The van der Waals surface area contributed by atoms with Crippen LogP contribution >= 0.6 is 0 Å². The second-order valence-electron chi connectivity index (χ2n) is 4.29. The summed E-state index contributed by atoms with van der Waals surface area (Å²) in [4.78, 5) is 0. The molecule has 0 heterocycles. The van der Waals surface area contributed by atoms with Gasteiger partial charge in [0.25, 0.3) is 0 Å². The number of nitrogens with one attached hydrogen (secondary N) is 1. The normalized spacial score (nSPS) is 14.4. The van der Waals surface area contributed by atoms with E-state index in [9.17, 15) is 21.6 Å². The van der Waals surface area contributed by atoms with Gasteiger partial charge < -0.3 is 5.32 Å². The molecular formula is C12H16F3NO2S. The third-order valence-corrected chi connectivity index (χ3v) is 3.50. The average Bonchev–Trinajstić information content (AvgIpc) is 2.25. The van der Waals surface area contributed by atoms with E-state index in [0.717, 1.165) is 12.3 Å². The second-order valence-corrected chi connectivity index (χ2v) is 6.47. The third-order valence-electron chi connectivity index (χ3n) is 2.56. The van der Waals surface area contributed by atoms with Gasteiger partial charge in [-0.2, -0.15) is 13.2 Å². The fraction of sp³-hybridized carbons (Fsp3) is 0.500. The van der Waals surface area contributed by atoms with Gasteiger partial charge in [-0.15, -0.1) is 0 Å². The Balaban J connectivity index is 3.23. The van der Waals surface area contributed by atoms with Crippen LogP contribution in [-0.4, -0.2) is 27.0 Å². The smallest absolute Gasteiger partial charge is 0.309 e. The molecule has 0 saturated carbocycles. The van der Waals surface area contributed by atoms with E-state index in [0.29, 0.717) is 6.54 Å². The minimum absolute atomic E-state index is 0.0396. The van der Waals surface area contributed by atoms with E-state index in [2.05, 4.69) is 5.32 Å². The highest BCUT2D eigenvalue weighted by atomic mass is 32.2. The molecule has 0 amide bonds. The van der Waals surface area contributed by atoms with E-state index in [4.69, 9.17) is 0 Å². The lowest BCUT2D eigenvalue weighted by Crippen LogP contribution is -2.29. The number of hydrogen-bond donors (Lipinski definition) is 1. The minimum Gasteiger partial charge on any atom is -0.309 e. The number of sulfone groups is 1. The lowest BCUT2D eigenvalue weighted by atomic mass is 10.0. The van der Waals surface area contributed by atoms with Crippen LogP contribution < -0.4 is 5.32 Å². The highest BCUT2D eigenvalue weighted by Gasteiger charge is 2.35. The van der Waals surface area contributed by atoms with Crippen LogP contribution in [0.1, 0.15) is 24.1 Å². The van der Waals surface area contributed by atoms with Crippen molar-refractivity contribution < 1.29 is 21.6 Å². The van der Waals surface area contributed by atoms with Crippen molar-refractivity contribution in [3.05, 3.63) is 35.4 Å². The zero-order chi connectivity index (χ0) is 14.7. The minimum atomic E-state index is -4.50. The molecule has 1 rings (SSSR count). The van der Waals surface area contributed by atoms with Crippen molar-refractivity contribution in [2.24, 2.45) is 0 Å². The Morgan fingerprint density at radius 1 is 1.26 bits per heavy atom. The number of benzene rings is 1. The van der Waals surface area contributed by atoms with Gasteiger partial charge in [-0.05, 0) is 18.2 Å². The van der Waals surface area contributed by atoms with Gasteiger partial charge in [0, 0.05) is 12.3 Å². The van der Waals surface area contributed by atoms with Gasteiger partial charge >= 0.3 is 6.18 Å². The summed E-state index contributed by atoms with van der Waals surface area (Å²) in [6.07, 6.45) is -3.49. The quantitative estimate of drug-likeness (QED) is 0.907. The Kier molecular flexibility index (Phi) is 4.98. The van der Waals surface area contributed by atoms with Gasteiger partial charge in [0.2, 0.25) is 0 Å². The van der Waals surface area contributed by atoms with Crippen LogP contribution in [0.4, 0.5) is 13.2 Å². The molecule has 3 nitrogen and oxygen atoms in total. The maximum atomic E-state index is 12.9. The topological polar surface area (TPSA) is 46.2 Å². The van der Waals surface area contributed by atoms with Crippen LogP contribution in [0.15, 0.2) is 24.3 Å². The molecule has 0 bridgehead atoms. The lowest BCUT2D eigenvalue weighted by molar-refractivity contribution is -0.138. The molecular weight excluding hydrogens is 279 g/mol. The number of halogens is 3. The summed E-state index contributed by atoms with van der Waals surface area (Å²) in [6, 6.07) is 4.16. The first-order chi connectivity index (χ1) is 8.65. The molecule has 0 saturated heterocycles. The first kappa shape index (κ1) is 16.0. The largest absolute Gasteiger partial charge is 0.416 e. The number of alkyl halides is 3. The van der Waals surface area contributed by atoms with Crippen molar-refractivity contribution in [3.63, 3.8) is 0 Å². The third kappa shape index (κ3) is 4.83. The van der Waals surface area contributed by atoms with Crippen LogP contribution in [-0.2, 0) is 16.0 Å². The molecule has 0 radical (unpaired) electrons. The molecule has 1 atom stereocenters. The molecule has 1 N–H and O–H groups in total. The monoisotopic (exact) mass is 295 g/mol. The summed E-state index contributed by atoms with van der Waals surface area (Å²) in [7, 11) is -3.39. The van der Waals surface area contributed by atoms with E-state index in [1.807, 2.05) is 0 Å². The van der Waals surface area contributed by atoms with Crippen LogP contribution in [0, 0.1) is 0 Å². The first-order valence-electron chi connectivity index (χ1n) is 5.72. The molecule has 108 valence electrons. The molecule has 0 aliphatic heterocycles. The predicted octanol–water partition coefficient (Wildman–Crippen LogP) is 2.40. The summed E-state index contributed by atoms with van der Waals surface area (Å²) in [5, 5.41) is 2.79. The molecule has 1 aromatic rings. The Labute approximate surface area is 110 Å². The summed E-state index contributed by atoms with van der Waals surface area (Å²) in [5.74, 6) is -0.367. The van der Waals surface area contributed by atoms with E-state index >= 15 is 0 Å². The number of rotatable bonds is 5. The second kappa shape index (κ2) is 5.92. The summed E-state index contributed by atoms with van der Waals surface area (Å²) in [5.41, 5.74) is -0.841. The van der Waals surface area contributed by atoms with Gasteiger partial charge in [0.05, 0.1) is 11.3 Å². The van der Waals surface area contributed by atoms with Crippen LogP contribution in [0.2, 0.25) is 0 Å². The van der Waals surface area contributed by atoms with Gasteiger partial charge in [-0.1, -0.05) is 25.1 Å². The van der Waals surface area contributed by atoms with Crippen molar-refractivity contribution in [2.75, 3.05) is 18.6 Å². The number of hydrogen-bond acceptors (Lipinski definition) is 3. The average molecular weight is 295 g/mol. The van der Waals surface area contributed by atoms with Crippen molar-refractivity contribution in [1.82, 2.24) is 5.32 Å². The fourth-order valence-electron chi connectivity index (χ4n) is 1.87. The molecule has 0 aliphatic rings. The van der Waals surface area contributed by atoms with Crippen molar-refractivity contribution >= 4 is 9.84 Å². The Morgan fingerprint density at radius 3 is 2.32 bits per heavy atom. The summed E-state index contributed by atoms with van der Waals surface area (Å²) in [6.45, 7) is 2.10. The van der Waals surface area contributed by atoms with Crippen LogP contribution in [0.3, 0.4) is 0 Å². The lowest BCUT2D eigenvalue weighted by Gasteiger charge is -2.21. The molecule has 0 aliphatic carbocycles. The van der Waals surface area contributed by atoms with Gasteiger partial charge in [-0.3, -0.25) is 0 Å². The zero-order valence-electron chi connectivity index (χ0n) is 10.7. The Bertz CT molecular complexity index is 526. The predicted molar refractivity (Wildman–Crippen MR) is 67.6 cm³/mol. The maximum Gasteiger partial charge on any atom is 0.416 e. The highest BCUT2D eigenvalue weighted by molar-refractivity contribution is 7.90. The Morgan fingerprint density at radius 2 is 1.84 bits per heavy atom. The molecule has 1 aromatic carbocycles. The standard InChI is InChI=1S/C12H16F3NO2S/c1-3-16-11(8-19(2,17)18)9-6-4-5-7-10(9)12(13,14)15/h4-7,11,16H,3,8H2,1-2H3. The first-order valence-corrected chi connectivity index (χ1v) is 7.78. The molecule has 0 aromatic heterocycles. The zero-order valence-corrected chi connectivity index (χ0v) is 11.5. The molecule has 7 heteroatoms. The van der Waals surface area contributed by atoms with E-state index < -0.39 is 27.6 Å². The molecule has 19 heavy (non-hydrogen) atoms. The SMILES string of the molecule is CCNC(CS(C)(=O)=O)c1ccccc1C(F)(F)F.